The maximum atomic E-state index is 8.76. The van der Waals surface area contributed by atoms with Crippen molar-refractivity contribution in [2.24, 2.45) is 5.92 Å². The van der Waals surface area contributed by atoms with E-state index in [1.807, 2.05) is 12.4 Å². The fourth-order valence-electron chi connectivity index (χ4n) is 1.92. The van der Waals surface area contributed by atoms with Gasteiger partial charge >= 0.3 is 0 Å². The largest absolute Gasteiger partial charge is 0.384 e. The highest BCUT2D eigenvalue weighted by molar-refractivity contribution is 5.55. The van der Waals surface area contributed by atoms with E-state index in [-0.39, 0.29) is 0 Å². The zero-order chi connectivity index (χ0) is 14.1. The maximum Gasteiger partial charge on any atom is 0.0640 e. The highest BCUT2D eigenvalue weighted by Crippen LogP contribution is 2.19. The van der Waals surface area contributed by atoms with Crippen LogP contribution < -0.4 is 10.2 Å². The Morgan fingerprint density at radius 3 is 2.84 bits per heavy atom. The van der Waals surface area contributed by atoms with Crippen LogP contribution in [-0.4, -0.2) is 24.6 Å². The van der Waals surface area contributed by atoms with Crippen molar-refractivity contribution in [2.75, 3.05) is 29.9 Å². The molecule has 1 heterocycles. The first-order valence-corrected chi connectivity index (χ1v) is 6.98. The van der Waals surface area contributed by atoms with Crippen LogP contribution in [0.3, 0.4) is 0 Å². The molecule has 0 spiro atoms. The van der Waals surface area contributed by atoms with Crippen molar-refractivity contribution in [3.05, 3.63) is 18.5 Å². The van der Waals surface area contributed by atoms with Crippen molar-refractivity contribution < 1.29 is 0 Å². The van der Waals surface area contributed by atoms with Crippen molar-refractivity contribution in [1.29, 1.82) is 5.26 Å². The first-order valence-electron chi connectivity index (χ1n) is 6.98. The molecule has 19 heavy (non-hydrogen) atoms. The van der Waals surface area contributed by atoms with Gasteiger partial charge in [-0.15, -0.1) is 0 Å². The van der Waals surface area contributed by atoms with Gasteiger partial charge in [-0.1, -0.05) is 20.8 Å². The van der Waals surface area contributed by atoms with E-state index in [2.05, 4.69) is 48.1 Å². The Kier molecular flexibility index (Phi) is 6.73. The molecule has 0 aliphatic heterocycles. The van der Waals surface area contributed by atoms with Crippen LogP contribution in [0.15, 0.2) is 18.5 Å². The van der Waals surface area contributed by atoms with Crippen LogP contribution in [0.2, 0.25) is 0 Å². The summed E-state index contributed by atoms with van der Waals surface area (Å²) in [5.41, 5.74) is 2.13. The molecule has 0 aromatic carbocycles. The van der Waals surface area contributed by atoms with E-state index in [0.717, 1.165) is 37.4 Å². The van der Waals surface area contributed by atoms with Crippen molar-refractivity contribution in [3.8, 4) is 6.07 Å². The Morgan fingerprint density at radius 2 is 2.21 bits per heavy atom. The Morgan fingerprint density at radius 1 is 1.42 bits per heavy atom. The van der Waals surface area contributed by atoms with E-state index >= 15 is 0 Å². The molecule has 1 rings (SSSR count). The lowest BCUT2D eigenvalue weighted by atomic mass is 10.2. The standard InChI is InChI=1S/C15H24N4/c1-4-7-18-14-9-15(11-17-10-14)19(8-5-6-16)12-13(2)3/h9-11,13,18H,4-5,7-8,12H2,1-3H3. The first-order chi connectivity index (χ1) is 9.17. The molecule has 0 saturated carbocycles. The number of aromatic nitrogens is 1. The number of hydrogen-bond acceptors (Lipinski definition) is 4. The summed E-state index contributed by atoms with van der Waals surface area (Å²) in [7, 11) is 0. The molecule has 0 saturated heterocycles. The van der Waals surface area contributed by atoms with Crippen LogP contribution in [0.5, 0.6) is 0 Å². The third kappa shape index (κ3) is 5.60. The molecule has 4 heteroatoms. The van der Waals surface area contributed by atoms with Gasteiger partial charge in [-0.05, 0) is 18.4 Å². The zero-order valence-electron chi connectivity index (χ0n) is 12.2. The lowest BCUT2D eigenvalue weighted by molar-refractivity contribution is 0.611. The van der Waals surface area contributed by atoms with Gasteiger partial charge in [0.2, 0.25) is 0 Å². The number of nitrogens with zero attached hydrogens (tertiary/aromatic N) is 3. The summed E-state index contributed by atoms with van der Waals surface area (Å²) in [6.45, 7) is 9.17. The minimum absolute atomic E-state index is 0.541. The predicted octanol–water partition coefficient (Wildman–Crippen LogP) is 3.28. The van der Waals surface area contributed by atoms with Crippen LogP contribution in [0.4, 0.5) is 11.4 Å². The number of hydrogen-bond donors (Lipinski definition) is 1. The van der Waals surface area contributed by atoms with Gasteiger partial charge in [-0.25, -0.2) is 0 Å². The molecule has 0 fully saturated rings. The summed E-state index contributed by atoms with van der Waals surface area (Å²) in [6, 6.07) is 4.33. The predicted molar refractivity (Wildman–Crippen MR) is 80.3 cm³/mol. The molecule has 104 valence electrons. The minimum Gasteiger partial charge on any atom is -0.384 e. The van der Waals surface area contributed by atoms with Crippen LogP contribution in [0, 0.1) is 17.2 Å². The fourth-order valence-corrected chi connectivity index (χ4v) is 1.92. The van der Waals surface area contributed by atoms with Crippen LogP contribution in [-0.2, 0) is 0 Å². The number of nitrogens with one attached hydrogen (secondary N) is 1. The summed E-state index contributed by atoms with van der Waals surface area (Å²) >= 11 is 0. The van der Waals surface area contributed by atoms with Crippen LogP contribution >= 0.6 is 0 Å². The molecular formula is C15H24N4. The normalized spacial score (nSPS) is 10.3. The van der Waals surface area contributed by atoms with Gasteiger partial charge in [0, 0.05) is 19.6 Å². The molecule has 0 aliphatic carbocycles. The average molecular weight is 260 g/mol. The summed E-state index contributed by atoms with van der Waals surface area (Å²) in [5, 5.41) is 12.1. The van der Waals surface area contributed by atoms with E-state index < -0.39 is 0 Å². The number of nitriles is 1. The monoisotopic (exact) mass is 260 g/mol. The maximum absolute atomic E-state index is 8.76. The average Bonchev–Trinajstić information content (AvgIpc) is 2.41. The van der Waals surface area contributed by atoms with E-state index in [1.54, 1.807) is 0 Å². The second kappa shape index (κ2) is 8.36. The van der Waals surface area contributed by atoms with Gasteiger partial charge in [0.25, 0.3) is 0 Å². The lowest BCUT2D eigenvalue weighted by Crippen LogP contribution is -2.28. The molecule has 0 unspecified atom stereocenters. The first kappa shape index (κ1) is 15.3. The van der Waals surface area contributed by atoms with Gasteiger partial charge < -0.3 is 10.2 Å². The van der Waals surface area contributed by atoms with Gasteiger partial charge in [0.1, 0.15) is 0 Å². The third-order valence-electron chi connectivity index (χ3n) is 2.75. The van der Waals surface area contributed by atoms with E-state index in [1.165, 1.54) is 0 Å². The highest BCUT2D eigenvalue weighted by Gasteiger charge is 2.09. The molecule has 0 bridgehead atoms. The zero-order valence-corrected chi connectivity index (χ0v) is 12.2. The molecule has 1 aromatic heterocycles. The van der Waals surface area contributed by atoms with Crippen LogP contribution in [0.25, 0.3) is 0 Å². The quantitative estimate of drug-likeness (QED) is 0.779. The molecule has 1 aromatic rings. The van der Waals surface area contributed by atoms with E-state index in [0.29, 0.717) is 12.3 Å². The molecule has 0 amide bonds. The van der Waals surface area contributed by atoms with Crippen LogP contribution in [0.1, 0.15) is 33.6 Å². The summed E-state index contributed by atoms with van der Waals surface area (Å²) < 4.78 is 0. The Labute approximate surface area is 116 Å². The van der Waals surface area contributed by atoms with Gasteiger partial charge in [0.05, 0.1) is 36.3 Å². The number of anilines is 2. The minimum atomic E-state index is 0.541. The Hall–Kier alpha value is -1.76. The van der Waals surface area contributed by atoms with E-state index in [4.69, 9.17) is 5.26 Å². The fraction of sp³-hybridized carbons (Fsp3) is 0.600. The summed E-state index contributed by atoms with van der Waals surface area (Å²) in [6.07, 6.45) is 5.35. The smallest absolute Gasteiger partial charge is 0.0640 e. The SMILES string of the molecule is CCCNc1cncc(N(CCC#N)CC(C)C)c1. The molecule has 4 nitrogen and oxygen atoms in total. The highest BCUT2D eigenvalue weighted by atomic mass is 15.1. The molecule has 1 N–H and O–H groups in total. The summed E-state index contributed by atoms with van der Waals surface area (Å²) in [4.78, 5) is 6.52. The second-order valence-electron chi connectivity index (χ2n) is 5.11. The number of rotatable bonds is 8. The van der Waals surface area contributed by atoms with Crippen molar-refractivity contribution in [3.63, 3.8) is 0 Å². The molecule has 0 radical (unpaired) electrons. The van der Waals surface area contributed by atoms with Gasteiger partial charge in [-0.2, -0.15) is 5.26 Å². The van der Waals surface area contributed by atoms with Crippen molar-refractivity contribution in [1.82, 2.24) is 4.98 Å². The molecule has 0 atom stereocenters. The van der Waals surface area contributed by atoms with Gasteiger partial charge in [0.15, 0.2) is 0 Å². The molecular weight excluding hydrogens is 236 g/mol. The van der Waals surface area contributed by atoms with E-state index in [9.17, 15) is 0 Å². The molecule has 0 aliphatic rings. The lowest BCUT2D eigenvalue weighted by Gasteiger charge is -2.26. The topological polar surface area (TPSA) is 52.0 Å². The third-order valence-corrected chi connectivity index (χ3v) is 2.75. The Balaban J connectivity index is 2.79. The van der Waals surface area contributed by atoms with Crippen molar-refractivity contribution in [2.45, 2.75) is 33.6 Å². The van der Waals surface area contributed by atoms with Gasteiger partial charge in [-0.3, -0.25) is 4.98 Å². The summed E-state index contributed by atoms with van der Waals surface area (Å²) in [5.74, 6) is 0.561. The Bertz CT molecular complexity index is 409. The van der Waals surface area contributed by atoms with Crippen molar-refractivity contribution >= 4 is 11.4 Å². The second-order valence-corrected chi connectivity index (χ2v) is 5.11. The number of pyridine rings is 1.